The molecule has 18 heavy (non-hydrogen) atoms. The number of hydrogen-bond donors (Lipinski definition) is 1. The number of thioether (sulfide) groups is 1. The maximum Gasteiger partial charge on any atom is 0.161 e. The Balaban J connectivity index is 1.73. The summed E-state index contributed by atoms with van der Waals surface area (Å²) in [7, 11) is 0. The number of amidine groups is 1. The fourth-order valence-corrected chi connectivity index (χ4v) is 4.05. The van der Waals surface area contributed by atoms with Crippen LogP contribution < -0.4 is 5.32 Å². The molecule has 1 aliphatic heterocycles. The van der Waals surface area contributed by atoms with E-state index in [0.717, 1.165) is 17.6 Å². The summed E-state index contributed by atoms with van der Waals surface area (Å²) in [4.78, 5) is 4.47. The van der Waals surface area contributed by atoms with E-state index >= 15 is 0 Å². The summed E-state index contributed by atoms with van der Waals surface area (Å²) >= 11 is 11.1. The first-order valence-electron chi connectivity index (χ1n) is 5.76. The first-order chi connectivity index (χ1) is 8.63. The number of nitrogens with zero attached hydrogens (tertiary/aromatic N) is 1. The van der Waals surface area contributed by atoms with Gasteiger partial charge in [-0.15, -0.1) is 0 Å². The molecular formula is C12H11BrClFN2S. The Bertz CT molecular complexity index is 496. The topological polar surface area (TPSA) is 24.4 Å². The molecule has 1 fully saturated rings. The molecule has 1 aromatic carbocycles. The zero-order chi connectivity index (χ0) is 12.7. The average Bonchev–Trinajstić information content (AvgIpc) is 3.04. The second-order valence-electron chi connectivity index (χ2n) is 4.51. The normalized spacial score (nSPS) is 23.1. The van der Waals surface area contributed by atoms with E-state index < -0.39 is 0 Å². The molecule has 1 atom stereocenters. The van der Waals surface area contributed by atoms with Crippen LogP contribution in [-0.2, 0) is 0 Å². The van der Waals surface area contributed by atoms with Gasteiger partial charge in [-0.1, -0.05) is 23.4 Å². The van der Waals surface area contributed by atoms with Gasteiger partial charge < -0.3 is 5.32 Å². The Labute approximate surface area is 123 Å². The van der Waals surface area contributed by atoms with Crippen molar-refractivity contribution >= 4 is 50.1 Å². The molecule has 2 nitrogen and oxygen atoms in total. The Morgan fingerprint density at radius 3 is 2.89 bits per heavy atom. The van der Waals surface area contributed by atoms with E-state index in [4.69, 9.17) is 11.6 Å². The van der Waals surface area contributed by atoms with Crippen molar-refractivity contribution in [1.29, 1.82) is 0 Å². The van der Waals surface area contributed by atoms with Crippen LogP contribution in [0.3, 0.4) is 0 Å². The third-order valence-electron chi connectivity index (χ3n) is 3.06. The standard InChI is InChI=1S/C12H11BrClFN2S/c13-8-3-7(15)4-9(14)11(8)17-12-16-5-10(18-12)6-1-2-6/h3-4,6,10H,1-2,5H2,(H,16,17). The highest BCUT2D eigenvalue weighted by molar-refractivity contribution is 9.10. The van der Waals surface area contributed by atoms with E-state index in [0.29, 0.717) is 20.4 Å². The Morgan fingerprint density at radius 2 is 2.22 bits per heavy atom. The van der Waals surface area contributed by atoms with E-state index in [-0.39, 0.29) is 5.82 Å². The van der Waals surface area contributed by atoms with Crippen LogP contribution in [0, 0.1) is 11.7 Å². The van der Waals surface area contributed by atoms with Crippen molar-refractivity contribution in [2.24, 2.45) is 10.9 Å². The first kappa shape index (κ1) is 12.8. The number of halogens is 3. The van der Waals surface area contributed by atoms with E-state index in [1.807, 2.05) is 0 Å². The van der Waals surface area contributed by atoms with Crippen LogP contribution in [0.1, 0.15) is 12.8 Å². The zero-order valence-corrected chi connectivity index (χ0v) is 12.6. The van der Waals surface area contributed by atoms with Crippen molar-refractivity contribution in [3.8, 4) is 0 Å². The molecular weight excluding hydrogens is 339 g/mol. The molecule has 1 unspecified atom stereocenters. The quantitative estimate of drug-likeness (QED) is 0.848. The summed E-state index contributed by atoms with van der Waals surface area (Å²) in [6.45, 7) is 0.869. The predicted molar refractivity (Wildman–Crippen MR) is 79.1 cm³/mol. The predicted octanol–water partition coefficient (Wildman–Crippen LogP) is 4.53. The van der Waals surface area contributed by atoms with Gasteiger partial charge in [0.2, 0.25) is 0 Å². The molecule has 0 saturated heterocycles. The Morgan fingerprint density at radius 1 is 1.44 bits per heavy atom. The van der Waals surface area contributed by atoms with E-state index in [1.54, 1.807) is 11.8 Å². The second-order valence-corrected chi connectivity index (χ2v) is 7.00. The monoisotopic (exact) mass is 348 g/mol. The summed E-state index contributed by atoms with van der Waals surface area (Å²) in [6, 6.07) is 2.69. The van der Waals surface area contributed by atoms with Crippen molar-refractivity contribution in [2.75, 3.05) is 11.9 Å². The van der Waals surface area contributed by atoms with Gasteiger partial charge in [0.1, 0.15) is 5.82 Å². The van der Waals surface area contributed by atoms with Crippen molar-refractivity contribution < 1.29 is 4.39 Å². The van der Waals surface area contributed by atoms with Gasteiger partial charge in [0.05, 0.1) is 17.3 Å². The number of benzene rings is 1. The Hall–Kier alpha value is -0.260. The van der Waals surface area contributed by atoms with Crippen molar-refractivity contribution in [2.45, 2.75) is 18.1 Å². The summed E-state index contributed by atoms with van der Waals surface area (Å²) in [5.74, 6) is 0.472. The van der Waals surface area contributed by atoms with Crippen LogP contribution in [0.15, 0.2) is 21.6 Å². The summed E-state index contributed by atoms with van der Waals surface area (Å²) in [5, 5.41) is 5.02. The van der Waals surface area contributed by atoms with Crippen LogP contribution in [0.4, 0.5) is 10.1 Å². The van der Waals surface area contributed by atoms with Gasteiger partial charge in [-0.05, 0) is 46.8 Å². The minimum Gasteiger partial charge on any atom is -0.333 e. The van der Waals surface area contributed by atoms with Crippen molar-refractivity contribution in [1.82, 2.24) is 0 Å². The SMILES string of the molecule is Fc1cc(Cl)c(NC2=NCC(C3CC3)S2)c(Br)c1. The van der Waals surface area contributed by atoms with Gasteiger partial charge in [-0.25, -0.2) is 4.39 Å². The highest BCUT2D eigenvalue weighted by Gasteiger charge is 2.35. The molecule has 1 aliphatic carbocycles. The van der Waals surface area contributed by atoms with Gasteiger partial charge >= 0.3 is 0 Å². The minimum atomic E-state index is -0.353. The number of anilines is 1. The van der Waals surface area contributed by atoms with Crippen LogP contribution in [0.2, 0.25) is 5.02 Å². The first-order valence-corrected chi connectivity index (χ1v) is 7.81. The minimum absolute atomic E-state index is 0.353. The second kappa shape index (κ2) is 5.02. The summed E-state index contributed by atoms with van der Waals surface area (Å²) in [5.41, 5.74) is 0.681. The Kier molecular flexibility index (Phi) is 3.56. The fourth-order valence-electron chi connectivity index (χ4n) is 1.94. The molecule has 0 radical (unpaired) electrons. The number of nitrogens with one attached hydrogen (secondary N) is 1. The molecule has 0 amide bonds. The number of rotatable bonds is 2. The molecule has 6 heteroatoms. The third kappa shape index (κ3) is 2.68. The van der Waals surface area contributed by atoms with Crippen molar-refractivity contribution in [3.63, 3.8) is 0 Å². The highest BCUT2D eigenvalue weighted by atomic mass is 79.9. The zero-order valence-electron chi connectivity index (χ0n) is 9.42. The van der Waals surface area contributed by atoms with Gasteiger partial charge in [0, 0.05) is 9.72 Å². The molecule has 1 heterocycles. The van der Waals surface area contributed by atoms with Crippen LogP contribution in [-0.4, -0.2) is 17.0 Å². The van der Waals surface area contributed by atoms with Crippen molar-refractivity contribution in [3.05, 3.63) is 27.4 Å². The van der Waals surface area contributed by atoms with Gasteiger partial charge in [-0.2, -0.15) is 0 Å². The van der Waals surface area contributed by atoms with Crippen LogP contribution in [0.25, 0.3) is 0 Å². The largest absolute Gasteiger partial charge is 0.333 e. The fraction of sp³-hybridized carbons (Fsp3) is 0.417. The maximum atomic E-state index is 13.1. The number of aliphatic imine (C=N–C) groups is 1. The van der Waals surface area contributed by atoms with E-state index in [2.05, 4.69) is 26.2 Å². The van der Waals surface area contributed by atoms with Gasteiger partial charge in [0.15, 0.2) is 5.17 Å². The lowest BCUT2D eigenvalue weighted by Crippen LogP contribution is -2.09. The molecule has 1 saturated carbocycles. The molecule has 1 aromatic rings. The molecule has 0 spiro atoms. The smallest absolute Gasteiger partial charge is 0.161 e. The third-order valence-corrected chi connectivity index (χ3v) is 5.28. The summed E-state index contributed by atoms with van der Waals surface area (Å²) < 4.78 is 13.7. The van der Waals surface area contributed by atoms with Gasteiger partial charge in [0.25, 0.3) is 0 Å². The molecule has 0 bridgehead atoms. The van der Waals surface area contributed by atoms with Crippen LogP contribution in [0.5, 0.6) is 0 Å². The molecule has 96 valence electrons. The number of hydrogen-bond acceptors (Lipinski definition) is 3. The van der Waals surface area contributed by atoms with E-state index in [9.17, 15) is 4.39 Å². The van der Waals surface area contributed by atoms with Gasteiger partial charge in [-0.3, -0.25) is 4.99 Å². The molecule has 2 aliphatic rings. The molecule has 0 aromatic heterocycles. The lowest BCUT2D eigenvalue weighted by Gasteiger charge is -2.11. The van der Waals surface area contributed by atoms with E-state index in [1.165, 1.54) is 25.0 Å². The lowest BCUT2D eigenvalue weighted by molar-refractivity contribution is 0.627. The maximum absolute atomic E-state index is 13.1. The lowest BCUT2D eigenvalue weighted by atomic mass is 10.3. The molecule has 1 N–H and O–H groups in total. The summed E-state index contributed by atoms with van der Waals surface area (Å²) in [6.07, 6.45) is 2.64. The highest BCUT2D eigenvalue weighted by Crippen LogP contribution is 2.42. The molecule has 3 rings (SSSR count). The average molecular weight is 350 g/mol. The van der Waals surface area contributed by atoms with Crippen LogP contribution >= 0.6 is 39.3 Å².